The zero-order chi connectivity index (χ0) is 56.4. The largest absolute Gasteiger partial charge is 0.462 e. The van der Waals surface area contributed by atoms with Gasteiger partial charge in [-0.1, -0.05) is 353 Å². The summed E-state index contributed by atoms with van der Waals surface area (Å²) in [5.74, 6) is -0.846. The Bertz CT molecular complexity index is 1260. The van der Waals surface area contributed by atoms with Crippen LogP contribution in [0.1, 0.15) is 400 Å². The highest BCUT2D eigenvalue weighted by Crippen LogP contribution is 2.19. The molecule has 0 heterocycles. The number of hydrogen-bond donors (Lipinski definition) is 0. The molecule has 0 aromatic rings. The van der Waals surface area contributed by atoms with Gasteiger partial charge in [0.1, 0.15) is 13.2 Å². The van der Waals surface area contributed by atoms with Gasteiger partial charge in [-0.3, -0.25) is 14.4 Å². The number of hydrogen-bond acceptors (Lipinski definition) is 6. The molecule has 0 N–H and O–H groups in total. The summed E-state index contributed by atoms with van der Waals surface area (Å²) in [6.45, 7) is 6.68. The first kappa shape index (κ1) is 75.9. The summed E-state index contributed by atoms with van der Waals surface area (Å²) >= 11 is 0. The smallest absolute Gasteiger partial charge is 0.306 e. The van der Waals surface area contributed by atoms with Crippen LogP contribution in [0.4, 0.5) is 0 Å². The van der Waals surface area contributed by atoms with Crippen molar-refractivity contribution >= 4 is 17.9 Å². The second-order valence-electron chi connectivity index (χ2n) is 24.2. The second kappa shape index (κ2) is 67.4. The molecule has 78 heavy (non-hydrogen) atoms. The van der Waals surface area contributed by atoms with Crippen molar-refractivity contribution in [1.82, 2.24) is 0 Å². The normalized spacial score (nSPS) is 12.1. The van der Waals surface area contributed by atoms with Gasteiger partial charge in [-0.2, -0.15) is 0 Å². The molecule has 0 bridgehead atoms. The van der Waals surface area contributed by atoms with E-state index in [4.69, 9.17) is 14.2 Å². The third kappa shape index (κ3) is 64.7. The standard InChI is InChI=1S/C72H136O6/c1-4-7-10-13-16-19-21-23-25-27-29-31-32-33-34-35-36-37-38-39-41-42-44-46-48-50-53-56-59-62-65-71(74)77-68-69(67-76-70(73)64-61-58-55-52-18-15-12-9-6-3)78-72(75)66-63-60-57-54-51-49-47-45-43-40-30-28-26-24-22-20-17-14-11-8-5-2/h22,24,28,30,69H,4-21,23,25-27,29,31-68H2,1-3H3/b24-22-,30-28-. The summed E-state index contributed by atoms with van der Waals surface area (Å²) in [5, 5.41) is 0. The Labute approximate surface area is 487 Å². The van der Waals surface area contributed by atoms with Gasteiger partial charge < -0.3 is 14.2 Å². The zero-order valence-electron chi connectivity index (χ0n) is 53.0. The minimum absolute atomic E-state index is 0.0671. The summed E-state index contributed by atoms with van der Waals surface area (Å²) in [4.78, 5) is 38.3. The first-order valence-electron chi connectivity index (χ1n) is 35.3. The predicted molar refractivity (Wildman–Crippen MR) is 340 cm³/mol. The van der Waals surface area contributed by atoms with E-state index in [1.165, 1.54) is 295 Å². The molecule has 0 fully saturated rings. The van der Waals surface area contributed by atoms with Crippen molar-refractivity contribution in [3.63, 3.8) is 0 Å². The molecule has 0 rings (SSSR count). The van der Waals surface area contributed by atoms with Crippen molar-refractivity contribution in [1.29, 1.82) is 0 Å². The Morgan fingerprint density at radius 2 is 0.462 bits per heavy atom. The third-order valence-electron chi connectivity index (χ3n) is 16.2. The van der Waals surface area contributed by atoms with E-state index in [2.05, 4.69) is 45.1 Å². The quantitative estimate of drug-likeness (QED) is 0.0261. The summed E-state index contributed by atoms with van der Waals surface area (Å²) in [6, 6.07) is 0. The molecule has 0 aromatic carbocycles. The monoisotopic (exact) mass is 1100 g/mol. The Morgan fingerprint density at radius 3 is 0.705 bits per heavy atom. The lowest BCUT2D eigenvalue weighted by Crippen LogP contribution is -2.30. The highest BCUT2D eigenvalue weighted by molar-refractivity contribution is 5.71. The van der Waals surface area contributed by atoms with E-state index in [9.17, 15) is 14.4 Å². The van der Waals surface area contributed by atoms with Crippen LogP contribution >= 0.6 is 0 Å². The maximum absolute atomic E-state index is 12.9. The number of rotatable bonds is 66. The first-order chi connectivity index (χ1) is 38.5. The lowest BCUT2D eigenvalue weighted by Gasteiger charge is -2.18. The fourth-order valence-corrected chi connectivity index (χ4v) is 10.9. The maximum atomic E-state index is 12.9. The number of allylic oxidation sites excluding steroid dienone is 4. The van der Waals surface area contributed by atoms with Crippen LogP contribution in [0.5, 0.6) is 0 Å². The summed E-state index contributed by atoms with van der Waals surface area (Å²) in [7, 11) is 0. The lowest BCUT2D eigenvalue weighted by molar-refractivity contribution is -0.167. The number of unbranched alkanes of at least 4 members (excludes halogenated alkanes) is 51. The van der Waals surface area contributed by atoms with Gasteiger partial charge in [0.05, 0.1) is 0 Å². The SMILES string of the molecule is CCCCCCC/C=C\C/C=C\CCCCCCCCCCCC(=O)OC(COC(=O)CCCCCCCCCCC)COC(=O)CCCCCCCCCCCCCCCCCCCCCCCCCCCCCCCC. The number of esters is 3. The van der Waals surface area contributed by atoms with Crippen LogP contribution < -0.4 is 0 Å². The van der Waals surface area contributed by atoms with E-state index in [1.54, 1.807) is 0 Å². The lowest BCUT2D eigenvalue weighted by atomic mass is 10.0. The molecule has 6 nitrogen and oxygen atoms in total. The van der Waals surface area contributed by atoms with E-state index in [0.29, 0.717) is 19.3 Å². The summed E-state index contributed by atoms with van der Waals surface area (Å²) in [6.07, 6.45) is 82.3. The van der Waals surface area contributed by atoms with Gasteiger partial charge in [-0.25, -0.2) is 0 Å². The van der Waals surface area contributed by atoms with Crippen LogP contribution in [-0.2, 0) is 28.6 Å². The highest BCUT2D eigenvalue weighted by atomic mass is 16.6. The topological polar surface area (TPSA) is 78.9 Å². The molecule has 0 aliphatic rings. The molecule has 0 amide bonds. The van der Waals surface area contributed by atoms with Crippen molar-refractivity contribution in [2.75, 3.05) is 13.2 Å². The summed E-state index contributed by atoms with van der Waals surface area (Å²) in [5.41, 5.74) is 0. The molecule has 1 unspecified atom stereocenters. The number of carbonyl (C=O) groups is 3. The Hall–Kier alpha value is -2.11. The van der Waals surface area contributed by atoms with Crippen LogP contribution in [-0.4, -0.2) is 37.2 Å². The fourth-order valence-electron chi connectivity index (χ4n) is 10.9. The summed E-state index contributed by atoms with van der Waals surface area (Å²) < 4.78 is 16.9. The van der Waals surface area contributed by atoms with E-state index < -0.39 is 6.10 Å². The predicted octanol–water partition coefficient (Wildman–Crippen LogP) is 24.2. The minimum Gasteiger partial charge on any atom is -0.462 e. The molecule has 6 heteroatoms. The van der Waals surface area contributed by atoms with E-state index in [0.717, 1.165) is 64.2 Å². The first-order valence-corrected chi connectivity index (χ1v) is 35.3. The van der Waals surface area contributed by atoms with Gasteiger partial charge in [0, 0.05) is 19.3 Å². The molecule has 0 aromatic heterocycles. The highest BCUT2D eigenvalue weighted by Gasteiger charge is 2.19. The minimum atomic E-state index is -0.769. The fraction of sp³-hybridized carbons (Fsp3) is 0.903. The molecule has 0 aliphatic carbocycles. The van der Waals surface area contributed by atoms with Crippen LogP contribution in [0.25, 0.3) is 0 Å². The molecule has 0 spiro atoms. The zero-order valence-corrected chi connectivity index (χ0v) is 53.0. The van der Waals surface area contributed by atoms with Gasteiger partial charge in [0.15, 0.2) is 6.10 Å². The van der Waals surface area contributed by atoms with Crippen molar-refractivity contribution in [3.05, 3.63) is 24.3 Å². The van der Waals surface area contributed by atoms with Gasteiger partial charge in [-0.05, 0) is 51.4 Å². The average Bonchev–Trinajstić information content (AvgIpc) is 3.44. The van der Waals surface area contributed by atoms with Crippen LogP contribution in [0.15, 0.2) is 24.3 Å². The molecule has 1 atom stereocenters. The van der Waals surface area contributed by atoms with Gasteiger partial charge in [-0.15, -0.1) is 0 Å². The van der Waals surface area contributed by atoms with Crippen molar-refractivity contribution < 1.29 is 28.6 Å². The Kier molecular flexibility index (Phi) is 65.6. The van der Waals surface area contributed by atoms with E-state index >= 15 is 0 Å². The molecule has 0 saturated heterocycles. The second-order valence-corrected chi connectivity index (χ2v) is 24.2. The molecule has 460 valence electrons. The van der Waals surface area contributed by atoms with Crippen molar-refractivity contribution in [2.24, 2.45) is 0 Å². The molecule has 0 saturated carbocycles. The Balaban J connectivity index is 4.06. The van der Waals surface area contributed by atoms with Crippen LogP contribution in [0.3, 0.4) is 0 Å². The third-order valence-corrected chi connectivity index (χ3v) is 16.2. The van der Waals surface area contributed by atoms with Gasteiger partial charge in [0.25, 0.3) is 0 Å². The molecule has 0 radical (unpaired) electrons. The number of ether oxygens (including phenoxy) is 3. The van der Waals surface area contributed by atoms with E-state index in [-0.39, 0.29) is 31.1 Å². The van der Waals surface area contributed by atoms with Crippen LogP contribution in [0, 0.1) is 0 Å². The molecular formula is C72H136O6. The van der Waals surface area contributed by atoms with Crippen molar-refractivity contribution in [2.45, 2.75) is 406 Å². The van der Waals surface area contributed by atoms with Crippen molar-refractivity contribution in [3.8, 4) is 0 Å². The molecular weight excluding hydrogens is 961 g/mol. The van der Waals surface area contributed by atoms with E-state index in [1.807, 2.05) is 0 Å². The van der Waals surface area contributed by atoms with Gasteiger partial charge in [0.2, 0.25) is 0 Å². The number of carbonyl (C=O) groups excluding carboxylic acids is 3. The Morgan fingerprint density at radius 1 is 0.256 bits per heavy atom. The van der Waals surface area contributed by atoms with Gasteiger partial charge >= 0.3 is 17.9 Å². The average molecular weight is 1100 g/mol. The maximum Gasteiger partial charge on any atom is 0.306 e. The molecule has 0 aliphatic heterocycles. The van der Waals surface area contributed by atoms with Crippen LogP contribution in [0.2, 0.25) is 0 Å².